The van der Waals surface area contributed by atoms with Crippen LogP contribution in [0.2, 0.25) is 0 Å². The van der Waals surface area contributed by atoms with E-state index in [2.05, 4.69) is 25.6 Å². The van der Waals surface area contributed by atoms with Gasteiger partial charge in [-0.25, -0.2) is 37.1 Å². The van der Waals surface area contributed by atoms with Gasteiger partial charge < -0.3 is 20.1 Å². The van der Waals surface area contributed by atoms with Gasteiger partial charge in [0.1, 0.15) is 29.2 Å². The highest BCUT2D eigenvalue weighted by molar-refractivity contribution is 7.90. The summed E-state index contributed by atoms with van der Waals surface area (Å²) in [6, 6.07) is 8.47. The standard InChI is InChI=1S/C30H35F2N7O4S/c1-17-14-24(34-18(2)33-17)36-25-16-21(27-29(37-25)39(30(38-27)28(31)32)26-9-5-7-13-43-26)35-20-11-10-19(15-23(20)44(3,40)41)22-8-4-6-12-42-22/h10-11,14-16,22,26,28H,4-9,12-13H2,1-3H3,(H2,33,34,35,36,37). The number of pyridine rings is 1. The molecule has 3 aromatic heterocycles. The summed E-state index contributed by atoms with van der Waals surface area (Å²) in [5.41, 5.74) is 2.42. The van der Waals surface area contributed by atoms with Gasteiger partial charge in [-0.3, -0.25) is 4.57 Å². The van der Waals surface area contributed by atoms with E-state index in [-0.39, 0.29) is 27.9 Å². The van der Waals surface area contributed by atoms with E-state index in [4.69, 9.17) is 14.5 Å². The number of aromatic nitrogens is 5. The van der Waals surface area contributed by atoms with Gasteiger partial charge in [0.2, 0.25) is 0 Å². The normalized spacial score (nSPS) is 19.4. The average Bonchev–Trinajstić information content (AvgIpc) is 3.37. The van der Waals surface area contributed by atoms with Gasteiger partial charge in [-0.05, 0) is 70.1 Å². The van der Waals surface area contributed by atoms with Crippen LogP contribution in [0.3, 0.4) is 0 Å². The van der Waals surface area contributed by atoms with E-state index >= 15 is 0 Å². The van der Waals surface area contributed by atoms with Gasteiger partial charge in [0.25, 0.3) is 6.43 Å². The van der Waals surface area contributed by atoms with Crippen molar-refractivity contribution in [2.75, 3.05) is 30.1 Å². The number of benzene rings is 1. The molecule has 5 heterocycles. The van der Waals surface area contributed by atoms with Gasteiger partial charge in [0, 0.05) is 37.3 Å². The zero-order chi connectivity index (χ0) is 31.0. The zero-order valence-corrected chi connectivity index (χ0v) is 25.6. The number of rotatable bonds is 8. The highest BCUT2D eigenvalue weighted by atomic mass is 32.2. The molecule has 2 N–H and O–H groups in total. The van der Waals surface area contributed by atoms with Crippen molar-refractivity contribution in [1.29, 1.82) is 0 Å². The van der Waals surface area contributed by atoms with E-state index in [1.54, 1.807) is 31.2 Å². The number of hydrogen-bond donors (Lipinski definition) is 2. The molecule has 6 rings (SSSR count). The number of hydrogen-bond acceptors (Lipinski definition) is 10. The Morgan fingerprint density at radius 1 is 0.886 bits per heavy atom. The van der Waals surface area contributed by atoms with Crippen LogP contribution in [0.5, 0.6) is 0 Å². The van der Waals surface area contributed by atoms with Gasteiger partial charge in [-0.1, -0.05) is 6.07 Å². The van der Waals surface area contributed by atoms with Crippen molar-refractivity contribution in [3.05, 3.63) is 53.2 Å². The number of fused-ring (bicyclic) bond motifs is 1. The molecular weight excluding hydrogens is 592 g/mol. The molecule has 0 saturated carbocycles. The fourth-order valence-corrected chi connectivity index (χ4v) is 6.68. The van der Waals surface area contributed by atoms with Crippen molar-refractivity contribution >= 4 is 44.0 Å². The third kappa shape index (κ3) is 6.37. The molecule has 44 heavy (non-hydrogen) atoms. The Morgan fingerprint density at radius 3 is 2.30 bits per heavy atom. The van der Waals surface area contributed by atoms with E-state index in [0.29, 0.717) is 42.8 Å². The zero-order valence-electron chi connectivity index (χ0n) is 24.8. The SMILES string of the molecule is Cc1cc(Nc2cc(Nc3ccc(C4CCCCO4)cc3S(C)(=O)=O)c3nc(C(F)F)n(C4CCCCO4)c3n2)nc(C)n1. The molecule has 2 unspecified atom stereocenters. The van der Waals surface area contributed by atoms with Crippen molar-refractivity contribution in [3.63, 3.8) is 0 Å². The Balaban J connectivity index is 1.50. The van der Waals surface area contributed by atoms with Crippen LogP contribution >= 0.6 is 0 Å². The fraction of sp³-hybridized carbons (Fsp3) is 0.467. The van der Waals surface area contributed by atoms with Gasteiger partial charge in [-0.2, -0.15) is 0 Å². The number of anilines is 4. The van der Waals surface area contributed by atoms with Gasteiger partial charge >= 0.3 is 0 Å². The lowest BCUT2D eigenvalue weighted by atomic mass is 10.0. The van der Waals surface area contributed by atoms with Crippen LogP contribution in [0.25, 0.3) is 11.2 Å². The quantitative estimate of drug-likeness (QED) is 0.220. The number of alkyl halides is 2. The van der Waals surface area contributed by atoms with Crippen LogP contribution in [-0.4, -0.2) is 52.4 Å². The van der Waals surface area contributed by atoms with Crippen LogP contribution in [0, 0.1) is 13.8 Å². The maximum Gasteiger partial charge on any atom is 0.295 e. The fourth-order valence-electron chi connectivity index (χ4n) is 5.81. The Morgan fingerprint density at radius 2 is 1.64 bits per heavy atom. The maximum absolute atomic E-state index is 14.4. The molecule has 0 amide bonds. The van der Waals surface area contributed by atoms with E-state index in [1.807, 2.05) is 13.0 Å². The number of halogens is 2. The summed E-state index contributed by atoms with van der Waals surface area (Å²) in [7, 11) is -3.70. The van der Waals surface area contributed by atoms with Crippen molar-refractivity contribution in [2.45, 2.75) is 76.0 Å². The van der Waals surface area contributed by atoms with Crippen LogP contribution in [0.15, 0.2) is 35.2 Å². The van der Waals surface area contributed by atoms with E-state index < -0.39 is 28.3 Å². The average molecular weight is 628 g/mol. The summed E-state index contributed by atoms with van der Waals surface area (Å²) >= 11 is 0. The lowest BCUT2D eigenvalue weighted by Crippen LogP contribution is -2.20. The molecule has 2 saturated heterocycles. The number of nitrogens with one attached hydrogen (secondary N) is 2. The van der Waals surface area contributed by atoms with Crippen LogP contribution in [0.4, 0.5) is 31.8 Å². The van der Waals surface area contributed by atoms with Crippen LogP contribution in [0.1, 0.15) is 80.2 Å². The molecule has 2 aliphatic rings. The Kier molecular flexibility index (Phi) is 8.49. The second kappa shape index (κ2) is 12.3. The Bertz CT molecular complexity index is 1770. The highest BCUT2D eigenvalue weighted by Crippen LogP contribution is 2.38. The van der Waals surface area contributed by atoms with Crippen molar-refractivity contribution in [3.8, 4) is 0 Å². The second-order valence-electron chi connectivity index (χ2n) is 11.3. The second-order valence-corrected chi connectivity index (χ2v) is 13.2. The molecule has 0 bridgehead atoms. The third-order valence-corrected chi connectivity index (χ3v) is 8.90. The number of sulfone groups is 1. The third-order valence-electron chi connectivity index (χ3n) is 7.76. The lowest BCUT2D eigenvalue weighted by Gasteiger charge is -2.25. The van der Waals surface area contributed by atoms with Crippen LogP contribution in [-0.2, 0) is 19.3 Å². The topological polar surface area (TPSA) is 133 Å². The summed E-state index contributed by atoms with van der Waals surface area (Å²) in [5, 5.41) is 6.35. The summed E-state index contributed by atoms with van der Waals surface area (Å²) < 4.78 is 68.1. The minimum Gasteiger partial charge on any atom is -0.374 e. The first-order chi connectivity index (χ1) is 21.1. The summed E-state index contributed by atoms with van der Waals surface area (Å²) in [6.45, 7) is 4.66. The number of ether oxygens (including phenoxy) is 2. The molecule has 11 nitrogen and oxygen atoms in total. The summed E-state index contributed by atoms with van der Waals surface area (Å²) in [6.07, 6.45) is 2.32. The maximum atomic E-state index is 14.4. The first-order valence-electron chi connectivity index (χ1n) is 14.7. The van der Waals surface area contributed by atoms with Gasteiger partial charge in [-0.15, -0.1) is 0 Å². The summed E-state index contributed by atoms with van der Waals surface area (Å²) in [4.78, 5) is 17.8. The lowest BCUT2D eigenvalue weighted by molar-refractivity contribution is -0.0363. The number of aryl methyl sites for hydroxylation is 2. The molecular formula is C30H35F2N7O4S. The largest absolute Gasteiger partial charge is 0.374 e. The molecule has 2 atom stereocenters. The van der Waals surface area contributed by atoms with Crippen molar-refractivity contribution in [2.24, 2.45) is 0 Å². The minimum atomic E-state index is -3.70. The number of imidazole rings is 1. The molecule has 2 fully saturated rings. The molecule has 234 valence electrons. The minimum absolute atomic E-state index is 0.0647. The first-order valence-corrected chi connectivity index (χ1v) is 16.6. The number of nitrogens with zero attached hydrogens (tertiary/aromatic N) is 5. The molecule has 14 heteroatoms. The molecule has 1 aromatic carbocycles. The Labute approximate surface area is 254 Å². The molecule has 0 aliphatic carbocycles. The van der Waals surface area contributed by atoms with E-state index in [1.165, 1.54) is 4.57 Å². The van der Waals surface area contributed by atoms with E-state index in [0.717, 1.165) is 49.6 Å². The van der Waals surface area contributed by atoms with Crippen molar-refractivity contribution < 1.29 is 26.7 Å². The summed E-state index contributed by atoms with van der Waals surface area (Å²) in [5.74, 6) is 0.841. The predicted molar refractivity (Wildman–Crippen MR) is 161 cm³/mol. The molecule has 0 spiro atoms. The molecule has 2 aliphatic heterocycles. The molecule has 0 radical (unpaired) electrons. The molecule has 4 aromatic rings. The smallest absolute Gasteiger partial charge is 0.295 e. The predicted octanol–water partition coefficient (Wildman–Crippen LogP) is 6.61. The van der Waals surface area contributed by atoms with Gasteiger partial charge in [0.15, 0.2) is 21.3 Å². The van der Waals surface area contributed by atoms with Crippen LogP contribution < -0.4 is 10.6 Å². The first kappa shape index (κ1) is 30.3. The van der Waals surface area contributed by atoms with E-state index in [9.17, 15) is 17.2 Å². The highest BCUT2D eigenvalue weighted by Gasteiger charge is 2.30. The van der Waals surface area contributed by atoms with Crippen molar-refractivity contribution in [1.82, 2.24) is 24.5 Å². The van der Waals surface area contributed by atoms with Gasteiger partial charge in [0.05, 0.1) is 22.4 Å². The monoisotopic (exact) mass is 627 g/mol. The Hall–Kier alpha value is -3.75.